The number of aromatic nitrogens is 4. The summed E-state index contributed by atoms with van der Waals surface area (Å²) in [4.78, 5) is 18.9. The second-order valence-corrected chi connectivity index (χ2v) is 8.33. The SMILES string of the molecule is Cc1ccccc1-n1c(SCC(=O)N2CCCC[C@@H]2C)nnc1-c1ccncc1. The van der Waals surface area contributed by atoms with Gasteiger partial charge in [-0.1, -0.05) is 30.0 Å². The van der Waals surface area contributed by atoms with Gasteiger partial charge in [0.25, 0.3) is 0 Å². The Kier molecular flexibility index (Phi) is 5.94. The third-order valence-electron chi connectivity index (χ3n) is 5.38. The Morgan fingerprint density at radius 2 is 1.93 bits per heavy atom. The number of hydrogen-bond donors (Lipinski definition) is 0. The molecule has 0 saturated carbocycles. The van der Waals surface area contributed by atoms with Crippen LogP contribution in [0.2, 0.25) is 0 Å². The van der Waals surface area contributed by atoms with E-state index in [1.54, 1.807) is 12.4 Å². The molecule has 3 aromatic rings. The minimum Gasteiger partial charge on any atom is -0.339 e. The lowest BCUT2D eigenvalue weighted by Crippen LogP contribution is -2.42. The summed E-state index contributed by atoms with van der Waals surface area (Å²) in [5.41, 5.74) is 3.09. The summed E-state index contributed by atoms with van der Waals surface area (Å²) in [5.74, 6) is 1.29. The first kappa shape index (κ1) is 19.6. The van der Waals surface area contributed by atoms with E-state index in [1.165, 1.54) is 18.2 Å². The Morgan fingerprint density at radius 3 is 2.69 bits per heavy atom. The second kappa shape index (κ2) is 8.78. The highest BCUT2D eigenvalue weighted by Gasteiger charge is 2.24. The molecule has 1 aromatic carbocycles. The third-order valence-corrected chi connectivity index (χ3v) is 6.29. The van der Waals surface area contributed by atoms with Gasteiger partial charge in [0.15, 0.2) is 11.0 Å². The number of aryl methyl sites for hydroxylation is 1. The highest BCUT2D eigenvalue weighted by Crippen LogP contribution is 2.29. The largest absolute Gasteiger partial charge is 0.339 e. The fourth-order valence-electron chi connectivity index (χ4n) is 3.76. The summed E-state index contributed by atoms with van der Waals surface area (Å²) in [6, 6.07) is 12.3. The topological polar surface area (TPSA) is 63.9 Å². The van der Waals surface area contributed by atoms with E-state index in [9.17, 15) is 4.79 Å². The molecule has 0 unspecified atom stereocenters. The van der Waals surface area contributed by atoms with Crippen molar-refractivity contribution in [1.82, 2.24) is 24.6 Å². The third kappa shape index (κ3) is 4.19. The fourth-order valence-corrected chi connectivity index (χ4v) is 4.59. The highest BCUT2D eigenvalue weighted by molar-refractivity contribution is 7.99. The Morgan fingerprint density at radius 1 is 1.14 bits per heavy atom. The maximum Gasteiger partial charge on any atom is 0.233 e. The summed E-state index contributed by atoms with van der Waals surface area (Å²) >= 11 is 1.45. The molecule has 0 radical (unpaired) electrons. The van der Waals surface area contributed by atoms with E-state index in [4.69, 9.17) is 0 Å². The first-order valence-electron chi connectivity index (χ1n) is 9.99. The molecule has 0 aliphatic carbocycles. The molecule has 150 valence electrons. The van der Waals surface area contributed by atoms with Crippen molar-refractivity contribution in [2.24, 2.45) is 0 Å². The molecule has 1 aliphatic heterocycles. The van der Waals surface area contributed by atoms with E-state index in [1.807, 2.05) is 33.7 Å². The van der Waals surface area contributed by atoms with Gasteiger partial charge in [0.1, 0.15) is 0 Å². The van der Waals surface area contributed by atoms with Gasteiger partial charge < -0.3 is 4.90 Å². The molecule has 4 rings (SSSR count). The molecule has 1 aliphatic rings. The Labute approximate surface area is 175 Å². The molecular formula is C22H25N5OS. The molecule has 0 spiro atoms. The quantitative estimate of drug-likeness (QED) is 0.595. The lowest BCUT2D eigenvalue weighted by Gasteiger charge is -2.33. The van der Waals surface area contributed by atoms with Crippen molar-refractivity contribution in [3.05, 3.63) is 54.4 Å². The number of benzene rings is 1. The zero-order valence-corrected chi connectivity index (χ0v) is 17.6. The molecule has 3 heterocycles. The number of pyridine rings is 1. The summed E-state index contributed by atoms with van der Waals surface area (Å²) in [5, 5.41) is 9.61. The van der Waals surface area contributed by atoms with Gasteiger partial charge in [-0.2, -0.15) is 0 Å². The maximum absolute atomic E-state index is 12.8. The Bertz CT molecular complexity index is 988. The molecule has 1 fully saturated rings. The molecule has 1 amide bonds. The predicted molar refractivity (Wildman–Crippen MR) is 115 cm³/mol. The van der Waals surface area contributed by atoms with Gasteiger partial charge in [0, 0.05) is 30.5 Å². The number of thioether (sulfide) groups is 1. The van der Waals surface area contributed by atoms with Crippen LogP contribution in [0.15, 0.2) is 53.9 Å². The van der Waals surface area contributed by atoms with Crippen LogP contribution in [0.1, 0.15) is 31.7 Å². The van der Waals surface area contributed by atoms with Gasteiger partial charge in [0.2, 0.25) is 5.91 Å². The number of rotatable bonds is 5. The summed E-state index contributed by atoms with van der Waals surface area (Å²) < 4.78 is 2.04. The minimum absolute atomic E-state index is 0.173. The Hall–Kier alpha value is -2.67. The van der Waals surface area contributed by atoms with E-state index in [-0.39, 0.29) is 5.91 Å². The smallest absolute Gasteiger partial charge is 0.233 e. The van der Waals surface area contributed by atoms with Crippen LogP contribution < -0.4 is 0 Å². The summed E-state index contributed by atoms with van der Waals surface area (Å²) in [7, 11) is 0. The van der Waals surface area contributed by atoms with E-state index >= 15 is 0 Å². The normalized spacial score (nSPS) is 16.8. The summed E-state index contributed by atoms with van der Waals surface area (Å²) in [6.07, 6.45) is 6.88. The van der Waals surface area contributed by atoms with Crippen molar-refractivity contribution in [2.45, 2.75) is 44.3 Å². The first-order valence-corrected chi connectivity index (χ1v) is 11.0. The lowest BCUT2D eigenvalue weighted by atomic mass is 10.0. The number of carbonyl (C=O) groups is 1. The van der Waals surface area contributed by atoms with Crippen LogP contribution in [0, 0.1) is 6.92 Å². The van der Waals surface area contributed by atoms with E-state index in [2.05, 4.69) is 41.2 Å². The van der Waals surface area contributed by atoms with Gasteiger partial charge in [-0.15, -0.1) is 10.2 Å². The molecule has 0 N–H and O–H groups in total. The van der Waals surface area contributed by atoms with Crippen molar-refractivity contribution in [2.75, 3.05) is 12.3 Å². The van der Waals surface area contributed by atoms with Gasteiger partial charge in [-0.25, -0.2) is 0 Å². The molecule has 7 heteroatoms. The predicted octanol–water partition coefficient (Wildman–Crippen LogP) is 4.13. The van der Waals surface area contributed by atoms with Crippen molar-refractivity contribution in [1.29, 1.82) is 0 Å². The molecule has 0 bridgehead atoms. The van der Waals surface area contributed by atoms with Crippen LogP contribution in [-0.4, -0.2) is 48.9 Å². The first-order chi connectivity index (χ1) is 14.1. The number of para-hydroxylation sites is 1. The molecule has 6 nitrogen and oxygen atoms in total. The number of likely N-dealkylation sites (tertiary alicyclic amines) is 1. The van der Waals surface area contributed by atoms with Crippen molar-refractivity contribution < 1.29 is 4.79 Å². The second-order valence-electron chi connectivity index (χ2n) is 7.38. The minimum atomic E-state index is 0.173. The van der Waals surface area contributed by atoms with E-state index < -0.39 is 0 Å². The number of carbonyl (C=O) groups excluding carboxylic acids is 1. The van der Waals surface area contributed by atoms with Crippen molar-refractivity contribution >= 4 is 17.7 Å². The number of amides is 1. The van der Waals surface area contributed by atoms with Crippen LogP contribution in [0.3, 0.4) is 0 Å². The van der Waals surface area contributed by atoms with Crippen LogP contribution in [-0.2, 0) is 4.79 Å². The monoisotopic (exact) mass is 407 g/mol. The van der Waals surface area contributed by atoms with Gasteiger partial charge in [-0.3, -0.25) is 14.3 Å². The highest BCUT2D eigenvalue weighted by atomic mass is 32.2. The van der Waals surface area contributed by atoms with Crippen LogP contribution in [0.5, 0.6) is 0 Å². The van der Waals surface area contributed by atoms with Gasteiger partial charge in [0.05, 0.1) is 11.4 Å². The van der Waals surface area contributed by atoms with Crippen LogP contribution in [0.25, 0.3) is 17.1 Å². The molecular weight excluding hydrogens is 382 g/mol. The molecule has 1 atom stereocenters. The van der Waals surface area contributed by atoms with Crippen molar-refractivity contribution in [3.8, 4) is 17.1 Å². The van der Waals surface area contributed by atoms with Gasteiger partial charge in [-0.05, 0) is 56.9 Å². The number of nitrogens with zero attached hydrogens (tertiary/aromatic N) is 5. The van der Waals surface area contributed by atoms with Crippen LogP contribution >= 0.6 is 11.8 Å². The Balaban J connectivity index is 1.64. The zero-order valence-electron chi connectivity index (χ0n) is 16.8. The van der Waals surface area contributed by atoms with Gasteiger partial charge >= 0.3 is 0 Å². The average Bonchev–Trinajstić information content (AvgIpc) is 3.17. The van der Waals surface area contributed by atoms with E-state index in [0.717, 1.165) is 47.2 Å². The van der Waals surface area contributed by atoms with Crippen LogP contribution in [0.4, 0.5) is 0 Å². The number of hydrogen-bond acceptors (Lipinski definition) is 5. The lowest BCUT2D eigenvalue weighted by molar-refractivity contribution is -0.131. The average molecular weight is 408 g/mol. The van der Waals surface area contributed by atoms with E-state index in [0.29, 0.717) is 11.8 Å². The zero-order chi connectivity index (χ0) is 20.2. The van der Waals surface area contributed by atoms with Crippen molar-refractivity contribution in [3.63, 3.8) is 0 Å². The maximum atomic E-state index is 12.8. The summed E-state index contributed by atoms with van der Waals surface area (Å²) in [6.45, 7) is 5.06. The molecule has 2 aromatic heterocycles. The molecule has 29 heavy (non-hydrogen) atoms. The fraction of sp³-hybridized carbons (Fsp3) is 0.364. The standard InChI is InChI=1S/C22H25N5OS/c1-16-7-3-4-9-19(16)27-21(18-10-12-23-13-11-18)24-25-22(27)29-15-20(28)26-14-6-5-8-17(26)2/h3-4,7,9-13,17H,5-6,8,14-15H2,1-2H3/t17-/m0/s1. The number of piperidine rings is 1. The molecule has 1 saturated heterocycles.